The van der Waals surface area contributed by atoms with Gasteiger partial charge in [0, 0.05) is 12.7 Å². The Hall–Kier alpha value is -2.67. The number of pyridine rings is 1. The number of ether oxygens (including phenoxy) is 1. The van der Waals surface area contributed by atoms with Gasteiger partial charge in [-0.3, -0.25) is 0 Å². The number of aromatic nitrogens is 3. The van der Waals surface area contributed by atoms with E-state index in [9.17, 15) is 4.39 Å². The molecule has 2 aromatic heterocycles. The Bertz CT molecular complexity index is 857. The molecule has 1 saturated heterocycles. The third-order valence-electron chi connectivity index (χ3n) is 3.99. The van der Waals surface area contributed by atoms with Crippen molar-refractivity contribution < 1.29 is 9.13 Å². The van der Waals surface area contributed by atoms with E-state index in [1.165, 1.54) is 6.07 Å². The highest BCUT2D eigenvalue weighted by molar-refractivity contribution is 5.81. The minimum atomic E-state index is -0.327. The number of benzene rings is 1. The lowest BCUT2D eigenvalue weighted by molar-refractivity contribution is 0.187. The standard InChI is InChI=1S/C16H16FN5O/c17-11-3-1-2-4-12(11)20-16-21-13-8-19-15(18)7-14(13)22(16)10-5-6-23-9-10/h1-4,7-8,10H,5-6,9H2,(H2,18,19)(H,20,21)/t10-/m0/s1. The van der Waals surface area contributed by atoms with Gasteiger partial charge in [0.15, 0.2) is 0 Å². The molecule has 6 nitrogen and oxygen atoms in total. The first kappa shape index (κ1) is 14.0. The van der Waals surface area contributed by atoms with Gasteiger partial charge in [-0.25, -0.2) is 14.4 Å². The van der Waals surface area contributed by atoms with Crippen molar-refractivity contribution in [1.82, 2.24) is 14.5 Å². The molecule has 0 saturated carbocycles. The van der Waals surface area contributed by atoms with Gasteiger partial charge in [-0.2, -0.15) is 0 Å². The monoisotopic (exact) mass is 313 g/mol. The predicted octanol–water partition coefficient (Wildman–Crippen LogP) is 2.86. The van der Waals surface area contributed by atoms with E-state index < -0.39 is 0 Å². The molecular weight excluding hydrogens is 297 g/mol. The number of hydrogen-bond donors (Lipinski definition) is 2. The van der Waals surface area contributed by atoms with Crippen LogP contribution in [0.1, 0.15) is 12.5 Å². The molecule has 118 valence electrons. The number of anilines is 3. The molecule has 1 aliphatic heterocycles. The Morgan fingerprint density at radius 3 is 3.00 bits per heavy atom. The van der Waals surface area contributed by atoms with Gasteiger partial charge in [0.05, 0.1) is 30.0 Å². The topological polar surface area (TPSA) is 78.0 Å². The van der Waals surface area contributed by atoms with E-state index in [0.717, 1.165) is 11.9 Å². The first-order valence-electron chi connectivity index (χ1n) is 7.45. The van der Waals surface area contributed by atoms with Crippen LogP contribution in [0.25, 0.3) is 11.0 Å². The van der Waals surface area contributed by atoms with E-state index in [1.54, 1.807) is 30.5 Å². The molecule has 0 aliphatic carbocycles. The average Bonchev–Trinajstić information content (AvgIpc) is 3.16. The zero-order chi connectivity index (χ0) is 15.8. The number of hydrogen-bond acceptors (Lipinski definition) is 5. The number of rotatable bonds is 3. The minimum Gasteiger partial charge on any atom is -0.384 e. The van der Waals surface area contributed by atoms with Gasteiger partial charge >= 0.3 is 0 Å². The van der Waals surface area contributed by atoms with Crippen molar-refractivity contribution in [2.45, 2.75) is 12.5 Å². The van der Waals surface area contributed by atoms with Crippen LogP contribution in [-0.2, 0) is 4.74 Å². The zero-order valence-electron chi connectivity index (χ0n) is 12.4. The second-order valence-electron chi connectivity index (χ2n) is 5.53. The predicted molar refractivity (Wildman–Crippen MR) is 86.1 cm³/mol. The molecule has 0 unspecified atom stereocenters. The Morgan fingerprint density at radius 1 is 1.35 bits per heavy atom. The highest BCUT2D eigenvalue weighted by atomic mass is 19.1. The van der Waals surface area contributed by atoms with E-state index in [4.69, 9.17) is 10.5 Å². The maximum absolute atomic E-state index is 13.9. The molecule has 0 radical (unpaired) electrons. The SMILES string of the molecule is Nc1cc2c(cn1)nc(Nc1ccccc1F)n2[C@H]1CCOC1. The Kier molecular flexibility index (Phi) is 3.34. The van der Waals surface area contributed by atoms with E-state index in [0.29, 0.717) is 36.2 Å². The van der Waals surface area contributed by atoms with Crippen LogP contribution in [0.5, 0.6) is 0 Å². The van der Waals surface area contributed by atoms with E-state index in [1.807, 2.05) is 4.57 Å². The van der Waals surface area contributed by atoms with Crippen LogP contribution in [0, 0.1) is 5.82 Å². The highest BCUT2D eigenvalue weighted by Gasteiger charge is 2.24. The number of halogens is 1. The summed E-state index contributed by atoms with van der Waals surface area (Å²) >= 11 is 0. The van der Waals surface area contributed by atoms with E-state index >= 15 is 0 Å². The van der Waals surface area contributed by atoms with Crippen LogP contribution in [0.4, 0.5) is 21.8 Å². The fourth-order valence-electron chi connectivity index (χ4n) is 2.88. The smallest absolute Gasteiger partial charge is 0.208 e. The second kappa shape index (κ2) is 5.51. The summed E-state index contributed by atoms with van der Waals surface area (Å²) in [7, 11) is 0. The maximum atomic E-state index is 13.9. The summed E-state index contributed by atoms with van der Waals surface area (Å²) in [5.74, 6) is 0.662. The van der Waals surface area contributed by atoms with Crippen molar-refractivity contribution in [1.29, 1.82) is 0 Å². The number of nitrogens with zero attached hydrogens (tertiary/aromatic N) is 3. The van der Waals surface area contributed by atoms with Crippen molar-refractivity contribution >= 4 is 28.5 Å². The third-order valence-corrected chi connectivity index (χ3v) is 3.99. The van der Waals surface area contributed by atoms with Crippen LogP contribution in [-0.4, -0.2) is 27.7 Å². The number of fused-ring (bicyclic) bond motifs is 1. The molecule has 1 atom stereocenters. The first-order valence-corrected chi connectivity index (χ1v) is 7.45. The van der Waals surface area contributed by atoms with Crippen molar-refractivity contribution in [3.8, 4) is 0 Å². The average molecular weight is 313 g/mol. The van der Waals surface area contributed by atoms with Crippen LogP contribution in [0.15, 0.2) is 36.5 Å². The van der Waals surface area contributed by atoms with Crippen molar-refractivity contribution in [2.75, 3.05) is 24.3 Å². The molecule has 3 heterocycles. The lowest BCUT2D eigenvalue weighted by atomic mass is 10.2. The van der Waals surface area contributed by atoms with Crippen LogP contribution >= 0.6 is 0 Å². The van der Waals surface area contributed by atoms with E-state index in [2.05, 4.69) is 15.3 Å². The number of nitrogens with two attached hydrogens (primary N) is 1. The molecule has 1 aliphatic rings. The lowest BCUT2D eigenvalue weighted by Crippen LogP contribution is -2.12. The number of nitrogen functional groups attached to an aromatic ring is 1. The molecule has 7 heteroatoms. The van der Waals surface area contributed by atoms with Crippen molar-refractivity contribution in [2.24, 2.45) is 0 Å². The van der Waals surface area contributed by atoms with Gasteiger partial charge in [-0.05, 0) is 18.6 Å². The van der Waals surface area contributed by atoms with Crippen LogP contribution in [0.3, 0.4) is 0 Å². The van der Waals surface area contributed by atoms with Crippen molar-refractivity contribution in [3.05, 3.63) is 42.3 Å². The quantitative estimate of drug-likeness (QED) is 0.777. The fraction of sp³-hybridized carbons (Fsp3) is 0.250. The summed E-state index contributed by atoms with van der Waals surface area (Å²) in [5, 5.41) is 3.08. The minimum absolute atomic E-state index is 0.135. The van der Waals surface area contributed by atoms with Gasteiger partial charge < -0.3 is 20.4 Å². The van der Waals surface area contributed by atoms with Gasteiger partial charge in [0.1, 0.15) is 17.2 Å². The highest BCUT2D eigenvalue weighted by Crippen LogP contribution is 2.31. The molecule has 3 aromatic rings. The lowest BCUT2D eigenvalue weighted by Gasteiger charge is -2.16. The van der Waals surface area contributed by atoms with Gasteiger partial charge in [-0.15, -0.1) is 0 Å². The zero-order valence-corrected chi connectivity index (χ0v) is 12.4. The summed E-state index contributed by atoms with van der Waals surface area (Å²) in [4.78, 5) is 8.63. The Labute approximate surface area is 132 Å². The summed E-state index contributed by atoms with van der Waals surface area (Å²) in [5.41, 5.74) is 7.77. The number of nitrogens with one attached hydrogen (secondary N) is 1. The summed E-state index contributed by atoms with van der Waals surface area (Å²) in [6.45, 7) is 1.30. The van der Waals surface area contributed by atoms with E-state index in [-0.39, 0.29) is 11.9 Å². The van der Waals surface area contributed by atoms with Crippen LogP contribution < -0.4 is 11.1 Å². The summed E-state index contributed by atoms with van der Waals surface area (Å²) in [6, 6.07) is 8.43. The summed E-state index contributed by atoms with van der Waals surface area (Å²) in [6.07, 6.45) is 2.50. The largest absolute Gasteiger partial charge is 0.384 e. The molecule has 4 rings (SSSR count). The molecular formula is C16H16FN5O. The molecule has 0 spiro atoms. The Morgan fingerprint density at radius 2 is 2.22 bits per heavy atom. The Balaban J connectivity index is 1.84. The molecule has 0 bridgehead atoms. The van der Waals surface area contributed by atoms with Gasteiger partial charge in [0.25, 0.3) is 0 Å². The molecule has 1 aromatic carbocycles. The fourth-order valence-corrected chi connectivity index (χ4v) is 2.88. The van der Waals surface area contributed by atoms with Crippen LogP contribution in [0.2, 0.25) is 0 Å². The molecule has 3 N–H and O–H groups in total. The third kappa shape index (κ3) is 2.49. The molecule has 0 amide bonds. The number of para-hydroxylation sites is 1. The van der Waals surface area contributed by atoms with Gasteiger partial charge in [-0.1, -0.05) is 12.1 Å². The summed E-state index contributed by atoms with van der Waals surface area (Å²) < 4.78 is 21.5. The molecule has 23 heavy (non-hydrogen) atoms. The number of imidazole rings is 1. The first-order chi connectivity index (χ1) is 11.2. The maximum Gasteiger partial charge on any atom is 0.208 e. The second-order valence-corrected chi connectivity index (χ2v) is 5.53. The normalized spacial score (nSPS) is 17.7. The van der Waals surface area contributed by atoms with Crippen molar-refractivity contribution in [3.63, 3.8) is 0 Å². The molecule has 1 fully saturated rings. The van der Waals surface area contributed by atoms with Gasteiger partial charge in [0.2, 0.25) is 5.95 Å².